The highest BCUT2D eigenvalue weighted by Gasteiger charge is 2.34. The van der Waals surface area contributed by atoms with Crippen LogP contribution in [0.2, 0.25) is 0 Å². The van der Waals surface area contributed by atoms with E-state index in [1.165, 1.54) is 11.3 Å². The molecule has 26 heavy (non-hydrogen) atoms. The smallest absolute Gasteiger partial charge is 0.308 e. The molecule has 2 aromatic rings. The van der Waals surface area contributed by atoms with Crippen LogP contribution < -0.4 is 4.90 Å². The molecule has 0 spiro atoms. The third kappa shape index (κ3) is 2.85. The summed E-state index contributed by atoms with van der Waals surface area (Å²) in [5.41, 5.74) is 3.03. The van der Waals surface area contributed by atoms with E-state index < -0.39 is 11.9 Å². The van der Waals surface area contributed by atoms with Gasteiger partial charge in [-0.2, -0.15) is 0 Å². The molecule has 136 valence electrons. The number of hydrogen-bond acceptors (Lipinski definition) is 4. The van der Waals surface area contributed by atoms with Crippen LogP contribution in [0.4, 0.5) is 5.69 Å². The number of likely N-dealkylation sites (tertiary alicyclic amines) is 1. The van der Waals surface area contributed by atoms with Crippen molar-refractivity contribution in [1.82, 2.24) is 4.90 Å². The molecule has 1 fully saturated rings. The van der Waals surface area contributed by atoms with Gasteiger partial charge in [0, 0.05) is 24.8 Å². The van der Waals surface area contributed by atoms with Gasteiger partial charge in [-0.05, 0) is 37.5 Å². The van der Waals surface area contributed by atoms with E-state index in [-0.39, 0.29) is 12.5 Å². The molecule has 0 radical (unpaired) electrons. The van der Waals surface area contributed by atoms with Crippen LogP contribution in [0.5, 0.6) is 0 Å². The fraction of sp³-hybridized carbons (Fsp3) is 0.400. The van der Waals surface area contributed by atoms with Crippen molar-refractivity contribution in [3.63, 3.8) is 0 Å². The molecular weight excluding hydrogens is 332 g/mol. The lowest BCUT2D eigenvalue weighted by molar-refractivity contribution is -0.141. The molecule has 1 N–H and O–H groups in total. The SMILES string of the molecule is CC1Cc2ccccc2N1Cc1occc1C(=O)N1CCC(C(=O)O)C1. The minimum atomic E-state index is -0.838. The van der Waals surface area contributed by atoms with E-state index in [0.29, 0.717) is 36.9 Å². The Labute approximate surface area is 152 Å². The van der Waals surface area contributed by atoms with Gasteiger partial charge in [-0.3, -0.25) is 9.59 Å². The van der Waals surface area contributed by atoms with Gasteiger partial charge in [0.1, 0.15) is 5.76 Å². The maximum Gasteiger partial charge on any atom is 0.308 e. The number of carboxylic acid groups (broad SMARTS) is 1. The zero-order valence-electron chi connectivity index (χ0n) is 14.7. The fourth-order valence-corrected chi connectivity index (χ4v) is 4.00. The van der Waals surface area contributed by atoms with Crippen LogP contribution in [0.25, 0.3) is 0 Å². The van der Waals surface area contributed by atoms with E-state index in [2.05, 4.69) is 24.0 Å². The molecular formula is C20H22N2O4. The zero-order valence-corrected chi connectivity index (χ0v) is 14.7. The number of carbonyl (C=O) groups excluding carboxylic acids is 1. The number of para-hydroxylation sites is 1. The van der Waals surface area contributed by atoms with Crippen LogP contribution in [-0.2, 0) is 17.8 Å². The molecule has 1 aromatic carbocycles. The number of carbonyl (C=O) groups is 2. The number of nitrogens with zero attached hydrogens (tertiary/aromatic N) is 2. The van der Waals surface area contributed by atoms with Gasteiger partial charge in [0.25, 0.3) is 5.91 Å². The number of fused-ring (bicyclic) bond motifs is 1. The Morgan fingerprint density at radius 2 is 2.08 bits per heavy atom. The van der Waals surface area contributed by atoms with E-state index in [1.807, 2.05) is 12.1 Å². The van der Waals surface area contributed by atoms with E-state index in [1.54, 1.807) is 17.2 Å². The number of benzene rings is 1. The molecule has 0 bridgehead atoms. The Hall–Kier alpha value is -2.76. The van der Waals surface area contributed by atoms with Gasteiger partial charge in [0.15, 0.2) is 0 Å². The van der Waals surface area contributed by atoms with Gasteiger partial charge >= 0.3 is 5.97 Å². The lowest BCUT2D eigenvalue weighted by atomic mass is 10.1. The largest absolute Gasteiger partial charge is 0.481 e. The molecule has 6 nitrogen and oxygen atoms in total. The van der Waals surface area contributed by atoms with Crippen molar-refractivity contribution < 1.29 is 19.1 Å². The van der Waals surface area contributed by atoms with Crippen LogP contribution in [0.1, 0.15) is 35.0 Å². The predicted molar refractivity (Wildman–Crippen MR) is 96.1 cm³/mol. The average molecular weight is 354 g/mol. The number of rotatable bonds is 4. The van der Waals surface area contributed by atoms with Crippen molar-refractivity contribution in [2.75, 3.05) is 18.0 Å². The molecule has 6 heteroatoms. The van der Waals surface area contributed by atoms with E-state index in [4.69, 9.17) is 9.52 Å². The van der Waals surface area contributed by atoms with Crippen molar-refractivity contribution in [3.8, 4) is 0 Å². The van der Waals surface area contributed by atoms with Gasteiger partial charge in [0.2, 0.25) is 0 Å². The minimum Gasteiger partial charge on any atom is -0.481 e. The third-order valence-corrected chi connectivity index (χ3v) is 5.46. The van der Waals surface area contributed by atoms with Crippen LogP contribution >= 0.6 is 0 Å². The molecule has 2 unspecified atom stereocenters. The number of furan rings is 1. The summed E-state index contributed by atoms with van der Waals surface area (Å²) >= 11 is 0. The van der Waals surface area contributed by atoms with Crippen LogP contribution in [0.15, 0.2) is 41.0 Å². The summed E-state index contributed by atoms with van der Waals surface area (Å²) in [4.78, 5) is 27.9. The summed E-state index contributed by atoms with van der Waals surface area (Å²) in [5, 5.41) is 9.15. The first kappa shape index (κ1) is 16.7. The van der Waals surface area contributed by atoms with Crippen molar-refractivity contribution in [2.24, 2.45) is 5.92 Å². The topological polar surface area (TPSA) is 74.0 Å². The monoisotopic (exact) mass is 354 g/mol. The summed E-state index contributed by atoms with van der Waals surface area (Å²) < 4.78 is 5.64. The summed E-state index contributed by atoms with van der Waals surface area (Å²) in [6.45, 7) is 3.44. The summed E-state index contributed by atoms with van der Waals surface area (Å²) in [6, 6.07) is 10.3. The lowest BCUT2D eigenvalue weighted by Gasteiger charge is -2.24. The molecule has 0 aliphatic carbocycles. The van der Waals surface area contributed by atoms with E-state index in [9.17, 15) is 9.59 Å². The molecule has 2 aliphatic heterocycles. The quantitative estimate of drug-likeness (QED) is 0.914. The first-order valence-corrected chi connectivity index (χ1v) is 8.97. The van der Waals surface area contributed by atoms with Gasteiger partial charge in [-0.25, -0.2) is 0 Å². The Morgan fingerprint density at radius 1 is 1.27 bits per heavy atom. The van der Waals surface area contributed by atoms with Crippen LogP contribution in [-0.4, -0.2) is 41.0 Å². The molecule has 1 aromatic heterocycles. The summed E-state index contributed by atoms with van der Waals surface area (Å²) in [7, 11) is 0. The second-order valence-electron chi connectivity index (χ2n) is 7.14. The molecule has 0 saturated carbocycles. The minimum absolute atomic E-state index is 0.141. The molecule has 1 saturated heterocycles. The van der Waals surface area contributed by atoms with Gasteiger partial charge < -0.3 is 19.3 Å². The molecule has 1 amide bonds. The molecule has 3 heterocycles. The lowest BCUT2D eigenvalue weighted by Crippen LogP contribution is -2.32. The highest BCUT2D eigenvalue weighted by atomic mass is 16.4. The number of hydrogen-bond donors (Lipinski definition) is 1. The van der Waals surface area contributed by atoms with Crippen molar-refractivity contribution in [2.45, 2.75) is 32.4 Å². The first-order chi connectivity index (χ1) is 12.5. The maximum absolute atomic E-state index is 12.9. The maximum atomic E-state index is 12.9. The van der Waals surface area contributed by atoms with Gasteiger partial charge in [0.05, 0.1) is 24.3 Å². The van der Waals surface area contributed by atoms with Crippen molar-refractivity contribution in [1.29, 1.82) is 0 Å². The van der Waals surface area contributed by atoms with Gasteiger partial charge in [-0.15, -0.1) is 0 Å². The standard InChI is InChI=1S/C20H22N2O4/c1-13-10-14-4-2-3-5-17(14)22(13)12-18-16(7-9-26-18)19(23)21-8-6-15(11-21)20(24)25/h2-5,7,9,13,15H,6,8,10-12H2,1H3,(H,24,25). The number of carboxylic acids is 1. The Bertz CT molecular complexity index is 844. The van der Waals surface area contributed by atoms with Gasteiger partial charge in [-0.1, -0.05) is 18.2 Å². The van der Waals surface area contributed by atoms with E-state index >= 15 is 0 Å². The molecule has 4 rings (SSSR count). The van der Waals surface area contributed by atoms with E-state index in [0.717, 1.165) is 6.42 Å². The van der Waals surface area contributed by atoms with Crippen LogP contribution in [0, 0.1) is 5.92 Å². The Balaban J connectivity index is 1.53. The normalized spacial score (nSPS) is 21.9. The van der Waals surface area contributed by atoms with Crippen LogP contribution in [0.3, 0.4) is 0 Å². The van der Waals surface area contributed by atoms with Crippen molar-refractivity contribution >= 4 is 17.6 Å². The predicted octanol–water partition coefficient (Wildman–Crippen LogP) is 2.78. The number of amides is 1. The Morgan fingerprint density at radius 3 is 2.85 bits per heavy atom. The molecule has 2 atom stereocenters. The highest BCUT2D eigenvalue weighted by Crippen LogP contribution is 2.34. The number of anilines is 1. The number of aliphatic carboxylic acids is 1. The second-order valence-corrected chi connectivity index (χ2v) is 7.14. The fourth-order valence-electron chi connectivity index (χ4n) is 4.00. The molecule has 2 aliphatic rings. The van der Waals surface area contributed by atoms with Crippen molar-refractivity contribution in [3.05, 3.63) is 53.5 Å². The average Bonchev–Trinajstić information content (AvgIpc) is 3.34. The third-order valence-electron chi connectivity index (χ3n) is 5.46. The zero-order chi connectivity index (χ0) is 18.3. The summed E-state index contributed by atoms with van der Waals surface area (Å²) in [5.74, 6) is -0.815. The Kier molecular flexibility index (Phi) is 4.18. The highest BCUT2D eigenvalue weighted by molar-refractivity contribution is 5.95. The first-order valence-electron chi connectivity index (χ1n) is 8.97. The summed E-state index contributed by atoms with van der Waals surface area (Å²) in [6.07, 6.45) is 3.03. The second kappa shape index (κ2) is 6.52.